The first kappa shape index (κ1) is 10.1. The van der Waals surface area contributed by atoms with Gasteiger partial charge in [0, 0.05) is 5.56 Å². The van der Waals surface area contributed by atoms with Crippen molar-refractivity contribution in [2.75, 3.05) is 32.6 Å². The maximum atomic E-state index is 2.30. The van der Waals surface area contributed by atoms with Crippen molar-refractivity contribution in [1.29, 1.82) is 0 Å². The number of benzene rings is 1. The number of thioether (sulfide) groups is 1. The Balaban J connectivity index is 2.39. The second-order valence-electron chi connectivity index (χ2n) is 4.90. The summed E-state index contributed by atoms with van der Waals surface area (Å²) >= 11 is 2.05. The van der Waals surface area contributed by atoms with Crippen LogP contribution in [0.25, 0.3) is 0 Å². The van der Waals surface area contributed by atoms with Crippen LogP contribution in [0.5, 0.6) is 0 Å². The second-order valence-corrected chi connectivity index (χ2v) is 5.89. The lowest BCUT2D eigenvalue weighted by molar-refractivity contribution is -0.927. The van der Waals surface area contributed by atoms with Gasteiger partial charge in [-0.15, -0.1) is 11.8 Å². The monoisotopic (exact) mass is 208 g/mol. The largest absolute Gasteiger partial charge is 0.321 e. The van der Waals surface area contributed by atoms with Gasteiger partial charge in [-0.2, -0.15) is 0 Å². The van der Waals surface area contributed by atoms with E-state index in [4.69, 9.17) is 0 Å². The van der Waals surface area contributed by atoms with Crippen molar-refractivity contribution in [2.45, 2.75) is 5.54 Å². The molecule has 0 amide bonds. The van der Waals surface area contributed by atoms with Crippen LogP contribution in [0, 0.1) is 0 Å². The highest BCUT2D eigenvalue weighted by molar-refractivity contribution is 8.00. The van der Waals surface area contributed by atoms with Crippen LogP contribution >= 0.6 is 11.8 Å². The second kappa shape index (κ2) is 3.28. The maximum Gasteiger partial charge on any atom is 0.142 e. The van der Waals surface area contributed by atoms with Crippen molar-refractivity contribution < 1.29 is 4.48 Å². The molecule has 14 heavy (non-hydrogen) atoms. The van der Waals surface area contributed by atoms with Gasteiger partial charge < -0.3 is 4.48 Å². The Bertz CT molecular complexity index is 309. The SMILES string of the molecule is C[N+](C)(C)C1(c2ccccc2)CSC1. The first-order valence-corrected chi connectivity index (χ1v) is 6.17. The van der Waals surface area contributed by atoms with Crippen LogP contribution in [0.1, 0.15) is 5.56 Å². The van der Waals surface area contributed by atoms with Crippen molar-refractivity contribution in [3.05, 3.63) is 35.9 Å². The minimum absolute atomic E-state index is 0.353. The molecule has 1 aliphatic rings. The average molecular weight is 208 g/mol. The molecule has 1 aromatic rings. The standard InChI is InChI=1S/C12H18NS/c1-13(2,3)12(9-14-10-12)11-7-5-4-6-8-11/h4-8H,9-10H2,1-3H3/q+1. The number of nitrogens with zero attached hydrogens (tertiary/aromatic N) is 1. The molecule has 0 radical (unpaired) electrons. The van der Waals surface area contributed by atoms with E-state index in [0.717, 1.165) is 4.48 Å². The van der Waals surface area contributed by atoms with Crippen LogP contribution in [-0.2, 0) is 5.54 Å². The van der Waals surface area contributed by atoms with Gasteiger partial charge in [-0.25, -0.2) is 0 Å². The predicted molar refractivity (Wildman–Crippen MR) is 63.5 cm³/mol. The van der Waals surface area contributed by atoms with Gasteiger partial charge in [0.2, 0.25) is 0 Å². The molecule has 0 atom stereocenters. The van der Waals surface area contributed by atoms with Crippen molar-refractivity contribution in [3.8, 4) is 0 Å². The average Bonchev–Trinajstić information content (AvgIpc) is 2.01. The molecule has 0 N–H and O–H groups in total. The molecule has 2 rings (SSSR count). The number of hydrogen-bond donors (Lipinski definition) is 0. The molecule has 0 saturated carbocycles. The molecule has 0 aromatic heterocycles. The summed E-state index contributed by atoms with van der Waals surface area (Å²) in [5.41, 5.74) is 1.85. The van der Waals surface area contributed by atoms with Crippen molar-refractivity contribution in [2.24, 2.45) is 0 Å². The van der Waals surface area contributed by atoms with Crippen LogP contribution in [0.2, 0.25) is 0 Å². The third-order valence-corrected chi connectivity index (χ3v) is 4.64. The summed E-state index contributed by atoms with van der Waals surface area (Å²) in [5.74, 6) is 2.50. The van der Waals surface area contributed by atoms with Crippen LogP contribution in [-0.4, -0.2) is 37.1 Å². The van der Waals surface area contributed by atoms with E-state index in [1.54, 1.807) is 0 Å². The highest BCUT2D eigenvalue weighted by Gasteiger charge is 2.50. The number of hydrogen-bond acceptors (Lipinski definition) is 1. The molecule has 76 valence electrons. The Kier molecular flexibility index (Phi) is 2.36. The van der Waals surface area contributed by atoms with Gasteiger partial charge in [-0.3, -0.25) is 0 Å². The summed E-state index contributed by atoms with van der Waals surface area (Å²) < 4.78 is 1.03. The minimum Gasteiger partial charge on any atom is -0.321 e. The summed E-state index contributed by atoms with van der Waals surface area (Å²) in [6.45, 7) is 0. The maximum absolute atomic E-state index is 2.30. The Morgan fingerprint density at radius 2 is 1.64 bits per heavy atom. The van der Waals surface area contributed by atoms with Crippen LogP contribution in [0.15, 0.2) is 30.3 Å². The van der Waals surface area contributed by atoms with Gasteiger partial charge >= 0.3 is 0 Å². The normalized spacial score (nSPS) is 20.2. The lowest BCUT2D eigenvalue weighted by Gasteiger charge is -2.51. The molecule has 0 unspecified atom stereocenters. The highest BCUT2D eigenvalue weighted by Crippen LogP contribution is 2.45. The van der Waals surface area contributed by atoms with E-state index < -0.39 is 0 Å². The van der Waals surface area contributed by atoms with Crippen molar-refractivity contribution in [3.63, 3.8) is 0 Å². The van der Waals surface area contributed by atoms with E-state index >= 15 is 0 Å². The lowest BCUT2D eigenvalue weighted by Crippen LogP contribution is -2.62. The third kappa shape index (κ3) is 1.37. The van der Waals surface area contributed by atoms with Gasteiger partial charge in [0.25, 0.3) is 0 Å². The zero-order valence-corrected chi connectivity index (χ0v) is 9.97. The smallest absolute Gasteiger partial charge is 0.142 e. The fraction of sp³-hybridized carbons (Fsp3) is 0.500. The molecule has 0 bridgehead atoms. The molecule has 1 fully saturated rings. The first-order chi connectivity index (χ1) is 6.56. The third-order valence-electron chi connectivity index (χ3n) is 3.28. The number of rotatable bonds is 2. The molecule has 1 saturated heterocycles. The quantitative estimate of drug-likeness (QED) is 0.672. The molecule has 1 heterocycles. The molecule has 2 heteroatoms. The fourth-order valence-electron chi connectivity index (χ4n) is 1.99. The highest BCUT2D eigenvalue weighted by atomic mass is 32.2. The van der Waals surface area contributed by atoms with Crippen LogP contribution < -0.4 is 0 Å². The van der Waals surface area contributed by atoms with Gasteiger partial charge in [0.1, 0.15) is 5.54 Å². The van der Waals surface area contributed by atoms with Crippen LogP contribution in [0.4, 0.5) is 0 Å². The van der Waals surface area contributed by atoms with Crippen molar-refractivity contribution >= 4 is 11.8 Å². The van der Waals surface area contributed by atoms with E-state index in [-0.39, 0.29) is 0 Å². The van der Waals surface area contributed by atoms with Gasteiger partial charge in [0.05, 0.1) is 32.6 Å². The molecule has 1 aliphatic heterocycles. The Morgan fingerprint density at radius 1 is 1.07 bits per heavy atom. The van der Waals surface area contributed by atoms with Gasteiger partial charge in [0.15, 0.2) is 0 Å². The molecular weight excluding hydrogens is 190 g/mol. The molecule has 0 spiro atoms. The summed E-state index contributed by atoms with van der Waals surface area (Å²) in [7, 11) is 6.90. The van der Waals surface area contributed by atoms with Gasteiger partial charge in [-0.05, 0) is 0 Å². The van der Waals surface area contributed by atoms with E-state index in [2.05, 4.69) is 63.2 Å². The summed E-state index contributed by atoms with van der Waals surface area (Å²) in [6.07, 6.45) is 0. The zero-order chi connectivity index (χ0) is 10.2. The van der Waals surface area contributed by atoms with E-state index in [9.17, 15) is 0 Å². The van der Waals surface area contributed by atoms with E-state index in [0.29, 0.717) is 5.54 Å². The Hall–Kier alpha value is -0.470. The Morgan fingerprint density at radius 3 is 2.00 bits per heavy atom. The lowest BCUT2D eigenvalue weighted by atomic mass is 9.90. The molecular formula is C12H18NS+. The van der Waals surface area contributed by atoms with Crippen LogP contribution in [0.3, 0.4) is 0 Å². The first-order valence-electron chi connectivity index (χ1n) is 5.01. The zero-order valence-electron chi connectivity index (χ0n) is 9.16. The van der Waals surface area contributed by atoms with Gasteiger partial charge in [-0.1, -0.05) is 30.3 Å². The fourth-order valence-corrected chi connectivity index (χ4v) is 3.68. The van der Waals surface area contributed by atoms with E-state index in [1.165, 1.54) is 17.1 Å². The topological polar surface area (TPSA) is 0 Å². The summed E-state index contributed by atoms with van der Waals surface area (Å²) in [4.78, 5) is 0. The Labute approximate surface area is 90.7 Å². The molecule has 0 aliphatic carbocycles. The van der Waals surface area contributed by atoms with Crippen molar-refractivity contribution in [1.82, 2.24) is 0 Å². The molecule has 1 aromatic carbocycles. The predicted octanol–water partition coefficient (Wildman–Crippen LogP) is 2.33. The number of quaternary nitrogens is 1. The summed E-state index contributed by atoms with van der Waals surface area (Å²) in [6, 6.07) is 10.9. The summed E-state index contributed by atoms with van der Waals surface area (Å²) in [5, 5.41) is 0. The molecule has 1 nitrogen and oxygen atoms in total. The van der Waals surface area contributed by atoms with E-state index in [1.807, 2.05) is 0 Å². The minimum atomic E-state index is 0.353.